The Balaban J connectivity index is 2.59. The summed E-state index contributed by atoms with van der Waals surface area (Å²) < 4.78 is 0. The second kappa shape index (κ2) is 5.87. The van der Waals surface area contributed by atoms with Crippen LogP contribution in [0, 0.1) is 10.1 Å². The van der Waals surface area contributed by atoms with Gasteiger partial charge in [0.15, 0.2) is 5.78 Å². The van der Waals surface area contributed by atoms with Gasteiger partial charge in [0.1, 0.15) is 0 Å². The molecule has 0 saturated heterocycles. The molecule has 0 aliphatic carbocycles. The number of hydrogen-bond donors (Lipinski definition) is 1. The van der Waals surface area contributed by atoms with E-state index in [0.717, 1.165) is 0 Å². The molecule has 0 aliphatic heterocycles. The maximum Gasteiger partial charge on any atom is 0.269 e. The molecule has 1 aromatic carbocycles. The van der Waals surface area contributed by atoms with Gasteiger partial charge < -0.3 is 5.32 Å². The Kier molecular flexibility index (Phi) is 4.47. The second-order valence-electron chi connectivity index (χ2n) is 2.88. The minimum Gasteiger partial charge on any atom is -0.362 e. The van der Waals surface area contributed by atoms with E-state index in [0.29, 0.717) is 5.69 Å². The number of non-ortho nitro benzene ring substituents is 1. The predicted octanol–water partition coefficient (Wildman–Crippen LogP) is 2.33. The minimum absolute atomic E-state index is 0.0198. The molecule has 1 rings (SSSR count). The molecule has 0 atom stereocenters. The number of anilines is 1. The lowest BCUT2D eigenvalue weighted by Crippen LogP contribution is -1.95. The summed E-state index contributed by atoms with van der Waals surface area (Å²) in [6, 6.07) is 5.85. The molecule has 16 heavy (non-hydrogen) atoms. The number of carbonyl (C=O) groups excluding carboxylic acids is 1. The molecule has 84 valence electrons. The fourth-order valence-electron chi connectivity index (χ4n) is 0.955. The number of hydrogen-bond acceptors (Lipinski definition) is 4. The van der Waals surface area contributed by atoms with Gasteiger partial charge in [-0.15, -0.1) is 11.6 Å². The number of benzene rings is 1. The summed E-state index contributed by atoms with van der Waals surface area (Å²) in [4.78, 5) is 20.7. The Bertz CT molecular complexity index is 415. The molecule has 0 heterocycles. The first kappa shape index (κ1) is 12.2. The maximum atomic E-state index is 10.8. The fourth-order valence-corrected chi connectivity index (χ4v) is 1.04. The molecular formula is C10H9ClN2O3. The van der Waals surface area contributed by atoms with Crippen LogP contribution >= 0.6 is 11.6 Å². The zero-order chi connectivity index (χ0) is 12.0. The van der Waals surface area contributed by atoms with E-state index in [1.54, 1.807) is 12.1 Å². The van der Waals surface area contributed by atoms with E-state index in [-0.39, 0.29) is 17.4 Å². The van der Waals surface area contributed by atoms with Crippen molar-refractivity contribution >= 4 is 28.8 Å². The zero-order valence-electron chi connectivity index (χ0n) is 8.22. The van der Waals surface area contributed by atoms with E-state index in [9.17, 15) is 14.9 Å². The summed E-state index contributed by atoms with van der Waals surface area (Å²) in [5, 5.41) is 13.2. The van der Waals surface area contributed by atoms with Crippen LogP contribution in [0.25, 0.3) is 0 Å². The topological polar surface area (TPSA) is 72.2 Å². The van der Waals surface area contributed by atoms with Gasteiger partial charge in [0, 0.05) is 24.0 Å². The average molecular weight is 241 g/mol. The van der Waals surface area contributed by atoms with Gasteiger partial charge in [-0.05, 0) is 18.2 Å². The molecule has 0 unspecified atom stereocenters. The first-order chi connectivity index (χ1) is 7.63. The number of rotatable bonds is 5. The summed E-state index contributed by atoms with van der Waals surface area (Å²) in [6.45, 7) is 0. The number of nitro benzene ring substituents is 1. The smallest absolute Gasteiger partial charge is 0.269 e. The highest BCUT2D eigenvalue weighted by atomic mass is 35.5. The molecule has 6 heteroatoms. The van der Waals surface area contributed by atoms with Crippen LogP contribution in [0.3, 0.4) is 0 Å². The third-order valence-electron chi connectivity index (χ3n) is 1.73. The molecular weight excluding hydrogens is 232 g/mol. The summed E-state index contributed by atoms with van der Waals surface area (Å²) in [5.41, 5.74) is 0.676. The van der Waals surface area contributed by atoms with Gasteiger partial charge in [0.2, 0.25) is 0 Å². The van der Waals surface area contributed by atoms with Crippen LogP contribution in [0.5, 0.6) is 0 Å². The van der Waals surface area contributed by atoms with E-state index in [1.165, 1.54) is 24.4 Å². The Hall–Kier alpha value is -1.88. The van der Waals surface area contributed by atoms with Crippen molar-refractivity contribution in [1.82, 2.24) is 0 Å². The van der Waals surface area contributed by atoms with Crippen molar-refractivity contribution in [2.75, 3.05) is 11.2 Å². The quantitative estimate of drug-likeness (QED) is 0.371. The highest BCUT2D eigenvalue weighted by Gasteiger charge is 2.02. The molecule has 0 spiro atoms. The van der Waals surface area contributed by atoms with Crippen LogP contribution in [0.1, 0.15) is 0 Å². The van der Waals surface area contributed by atoms with Gasteiger partial charge in [-0.2, -0.15) is 0 Å². The normalized spacial score (nSPS) is 10.3. The molecule has 1 aromatic rings. The zero-order valence-corrected chi connectivity index (χ0v) is 8.98. The van der Waals surface area contributed by atoms with E-state index in [1.807, 2.05) is 0 Å². The molecule has 0 radical (unpaired) electrons. The lowest BCUT2D eigenvalue weighted by molar-refractivity contribution is -0.384. The molecule has 0 aliphatic rings. The van der Waals surface area contributed by atoms with Crippen LogP contribution in [0.2, 0.25) is 0 Å². The Morgan fingerprint density at radius 1 is 1.44 bits per heavy atom. The minimum atomic E-state index is -0.476. The monoisotopic (exact) mass is 240 g/mol. The number of allylic oxidation sites excluding steroid dienone is 1. The van der Waals surface area contributed by atoms with Gasteiger partial charge in [0.05, 0.1) is 10.8 Å². The largest absolute Gasteiger partial charge is 0.362 e. The Morgan fingerprint density at radius 2 is 2.06 bits per heavy atom. The van der Waals surface area contributed by atoms with Gasteiger partial charge in [-0.1, -0.05) is 0 Å². The van der Waals surface area contributed by atoms with Gasteiger partial charge in [0.25, 0.3) is 5.69 Å². The van der Waals surface area contributed by atoms with Gasteiger partial charge in [-0.3, -0.25) is 14.9 Å². The maximum absolute atomic E-state index is 10.8. The number of nitrogens with zero attached hydrogens (tertiary/aromatic N) is 1. The average Bonchev–Trinajstić information content (AvgIpc) is 2.29. The summed E-state index contributed by atoms with van der Waals surface area (Å²) in [5.74, 6) is -0.283. The van der Waals surface area contributed by atoms with E-state index in [4.69, 9.17) is 11.6 Å². The molecule has 5 nitrogen and oxygen atoms in total. The summed E-state index contributed by atoms with van der Waals surface area (Å²) in [6.07, 6.45) is 2.74. The SMILES string of the molecule is O=C(C=CNc1ccc([N+](=O)[O-])cc1)CCl. The van der Waals surface area contributed by atoms with Crippen molar-refractivity contribution < 1.29 is 9.72 Å². The van der Waals surface area contributed by atoms with Crippen LogP contribution in [0.4, 0.5) is 11.4 Å². The van der Waals surface area contributed by atoms with Crippen molar-refractivity contribution in [1.29, 1.82) is 0 Å². The number of halogens is 1. The predicted molar refractivity (Wildman–Crippen MR) is 61.6 cm³/mol. The van der Waals surface area contributed by atoms with Crippen molar-refractivity contribution in [3.05, 3.63) is 46.7 Å². The number of nitro groups is 1. The third kappa shape index (κ3) is 3.70. The lowest BCUT2D eigenvalue weighted by Gasteiger charge is -1.98. The summed E-state index contributed by atoms with van der Waals surface area (Å²) in [7, 11) is 0. The molecule has 0 fully saturated rings. The van der Waals surface area contributed by atoms with Crippen LogP contribution in [-0.2, 0) is 4.79 Å². The fraction of sp³-hybridized carbons (Fsp3) is 0.100. The highest BCUT2D eigenvalue weighted by molar-refractivity contribution is 6.29. The van der Waals surface area contributed by atoms with Crippen molar-refractivity contribution in [2.45, 2.75) is 0 Å². The number of carbonyl (C=O) groups is 1. The van der Waals surface area contributed by atoms with Crippen LogP contribution in [0.15, 0.2) is 36.5 Å². The molecule has 1 N–H and O–H groups in total. The molecule has 0 bridgehead atoms. The van der Waals surface area contributed by atoms with Crippen LogP contribution in [-0.4, -0.2) is 16.6 Å². The van der Waals surface area contributed by atoms with E-state index in [2.05, 4.69) is 5.32 Å². The van der Waals surface area contributed by atoms with Crippen molar-refractivity contribution in [2.24, 2.45) is 0 Å². The molecule has 0 amide bonds. The lowest BCUT2D eigenvalue weighted by atomic mass is 10.3. The van der Waals surface area contributed by atoms with Crippen molar-refractivity contribution in [3.63, 3.8) is 0 Å². The number of alkyl halides is 1. The second-order valence-corrected chi connectivity index (χ2v) is 3.15. The first-order valence-corrected chi connectivity index (χ1v) is 4.93. The van der Waals surface area contributed by atoms with Crippen LogP contribution < -0.4 is 5.32 Å². The van der Waals surface area contributed by atoms with E-state index < -0.39 is 4.92 Å². The third-order valence-corrected chi connectivity index (χ3v) is 1.99. The number of nitrogens with one attached hydrogen (secondary N) is 1. The van der Waals surface area contributed by atoms with E-state index >= 15 is 0 Å². The first-order valence-electron chi connectivity index (χ1n) is 4.40. The number of ketones is 1. The Labute approximate surface area is 96.9 Å². The molecule has 0 saturated carbocycles. The van der Waals surface area contributed by atoms with Gasteiger partial charge >= 0.3 is 0 Å². The standard InChI is InChI=1S/C10H9ClN2O3/c11-7-10(14)5-6-12-8-1-3-9(4-2-8)13(15)16/h1-6,12H,7H2. The highest BCUT2D eigenvalue weighted by Crippen LogP contribution is 2.15. The van der Waals surface area contributed by atoms with Gasteiger partial charge in [-0.25, -0.2) is 0 Å². The Morgan fingerprint density at radius 3 is 2.56 bits per heavy atom. The molecule has 0 aromatic heterocycles. The van der Waals surface area contributed by atoms with Crippen molar-refractivity contribution in [3.8, 4) is 0 Å². The summed E-state index contributed by atoms with van der Waals surface area (Å²) >= 11 is 5.29.